The third-order valence-corrected chi connectivity index (χ3v) is 5.05. The lowest BCUT2D eigenvalue weighted by molar-refractivity contribution is 0.0162. The van der Waals surface area contributed by atoms with Crippen molar-refractivity contribution >= 4 is 5.91 Å². The SMILES string of the molecule is COc1ccc([C@H](CNC(=O)c2ccc(C)cc2)N2CCOCC2)cc1OC. The van der Waals surface area contributed by atoms with Gasteiger partial charge in [0.15, 0.2) is 11.5 Å². The van der Waals surface area contributed by atoms with Gasteiger partial charge in [-0.2, -0.15) is 0 Å². The Morgan fingerprint density at radius 2 is 1.75 bits per heavy atom. The summed E-state index contributed by atoms with van der Waals surface area (Å²) in [6.07, 6.45) is 0. The van der Waals surface area contributed by atoms with Crippen LogP contribution in [0, 0.1) is 6.92 Å². The fourth-order valence-electron chi connectivity index (χ4n) is 3.40. The van der Waals surface area contributed by atoms with Gasteiger partial charge in [-0.05, 0) is 36.8 Å². The number of nitrogens with one attached hydrogen (secondary N) is 1. The standard InChI is InChI=1S/C22H28N2O4/c1-16-4-6-17(7-5-16)22(25)23-15-19(24-10-12-28-13-11-24)18-8-9-20(26-2)21(14-18)27-3/h4-9,14,19H,10-13,15H2,1-3H3,(H,23,25)/t19-/m0/s1. The zero-order chi connectivity index (χ0) is 19.9. The van der Waals surface area contributed by atoms with Crippen molar-refractivity contribution < 1.29 is 19.0 Å². The molecule has 0 radical (unpaired) electrons. The van der Waals surface area contributed by atoms with E-state index in [0.29, 0.717) is 36.8 Å². The first-order valence-electron chi connectivity index (χ1n) is 9.51. The highest BCUT2D eigenvalue weighted by atomic mass is 16.5. The summed E-state index contributed by atoms with van der Waals surface area (Å²) in [7, 11) is 3.25. The summed E-state index contributed by atoms with van der Waals surface area (Å²) in [6, 6.07) is 13.5. The van der Waals surface area contributed by atoms with E-state index in [4.69, 9.17) is 14.2 Å². The largest absolute Gasteiger partial charge is 0.493 e. The molecular formula is C22H28N2O4. The van der Waals surface area contributed by atoms with E-state index in [1.54, 1.807) is 14.2 Å². The molecule has 0 unspecified atom stereocenters. The molecule has 1 aliphatic heterocycles. The maximum absolute atomic E-state index is 12.6. The molecule has 1 aliphatic rings. The lowest BCUT2D eigenvalue weighted by atomic mass is 10.0. The molecule has 0 spiro atoms. The number of methoxy groups -OCH3 is 2. The normalized spacial score (nSPS) is 15.7. The number of benzene rings is 2. The first kappa shape index (κ1) is 20.2. The van der Waals surface area contributed by atoms with Gasteiger partial charge in [-0.15, -0.1) is 0 Å². The fraction of sp³-hybridized carbons (Fsp3) is 0.409. The van der Waals surface area contributed by atoms with E-state index >= 15 is 0 Å². The molecule has 0 bridgehead atoms. The number of morpholine rings is 1. The molecule has 6 heteroatoms. The maximum Gasteiger partial charge on any atom is 0.251 e. The quantitative estimate of drug-likeness (QED) is 0.795. The number of rotatable bonds is 7. The maximum atomic E-state index is 12.6. The molecule has 0 saturated carbocycles. The number of carbonyl (C=O) groups excluding carboxylic acids is 1. The van der Waals surface area contributed by atoms with Crippen molar-refractivity contribution in [3.63, 3.8) is 0 Å². The van der Waals surface area contributed by atoms with Gasteiger partial charge in [0.25, 0.3) is 5.91 Å². The van der Waals surface area contributed by atoms with Crippen molar-refractivity contribution in [1.29, 1.82) is 0 Å². The summed E-state index contributed by atoms with van der Waals surface area (Å²) in [6.45, 7) is 5.53. The Labute approximate surface area is 166 Å². The molecular weight excluding hydrogens is 356 g/mol. The van der Waals surface area contributed by atoms with Crippen molar-refractivity contribution in [2.24, 2.45) is 0 Å². The molecule has 1 atom stereocenters. The summed E-state index contributed by atoms with van der Waals surface area (Å²) >= 11 is 0. The van der Waals surface area contributed by atoms with Crippen molar-refractivity contribution in [2.75, 3.05) is 47.1 Å². The first-order valence-corrected chi connectivity index (χ1v) is 9.51. The van der Waals surface area contributed by atoms with E-state index in [1.165, 1.54) is 0 Å². The summed E-state index contributed by atoms with van der Waals surface area (Å²) in [4.78, 5) is 14.9. The smallest absolute Gasteiger partial charge is 0.251 e. The third kappa shape index (κ3) is 4.82. The van der Waals surface area contributed by atoms with Gasteiger partial charge in [-0.3, -0.25) is 9.69 Å². The Morgan fingerprint density at radius 3 is 2.39 bits per heavy atom. The van der Waals surface area contributed by atoms with Crippen molar-refractivity contribution in [3.05, 3.63) is 59.2 Å². The van der Waals surface area contributed by atoms with Gasteiger partial charge in [0.1, 0.15) is 0 Å². The Kier molecular flexibility index (Phi) is 6.90. The molecule has 6 nitrogen and oxygen atoms in total. The second-order valence-corrected chi connectivity index (χ2v) is 6.85. The zero-order valence-corrected chi connectivity index (χ0v) is 16.7. The van der Waals surface area contributed by atoms with Gasteiger partial charge in [0.2, 0.25) is 0 Å². The zero-order valence-electron chi connectivity index (χ0n) is 16.7. The average Bonchev–Trinajstić information content (AvgIpc) is 2.74. The Hall–Kier alpha value is -2.57. The van der Waals surface area contributed by atoms with Crippen LogP contribution in [-0.2, 0) is 4.74 Å². The number of hydrogen-bond donors (Lipinski definition) is 1. The van der Waals surface area contributed by atoms with E-state index in [-0.39, 0.29) is 11.9 Å². The fourth-order valence-corrected chi connectivity index (χ4v) is 3.40. The number of hydrogen-bond acceptors (Lipinski definition) is 5. The second kappa shape index (κ2) is 9.57. The predicted molar refractivity (Wildman–Crippen MR) is 108 cm³/mol. The minimum absolute atomic E-state index is 0.0260. The van der Waals surface area contributed by atoms with Crippen LogP contribution in [0.3, 0.4) is 0 Å². The van der Waals surface area contributed by atoms with Crippen LogP contribution in [-0.4, -0.2) is 57.9 Å². The Bertz CT molecular complexity index is 786. The van der Waals surface area contributed by atoms with E-state index in [9.17, 15) is 4.79 Å². The summed E-state index contributed by atoms with van der Waals surface area (Å²) in [5, 5.41) is 3.09. The number of aryl methyl sites for hydroxylation is 1. The van der Waals surface area contributed by atoms with Gasteiger partial charge in [-0.25, -0.2) is 0 Å². The minimum Gasteiger partial charge on any atom is -0.493 e. The Morgan fingerprint density at radius 1 is 1.07 bits per heavy atom. The molecule has 1 N–H and O–H groups in total. The van der Waals surface area contributed by atoms with Gasteiger partial charge in [0, 0.05) is 25.2 Å². The molecule has 2 aromatic rings. The number of amides is 1. The van der Waals surface area contributed by atoms with Crippen LogP contribution in [0.5, 0.6) is 11.5 Å². The van der Waals surface area contributed by atoms with E-state index < -0.39 is 0 Å². The molecule has 0 aromatic heterocycles. The summed E-state index contributed by atoms with van der Waals surface area (Å²) in [5.41, 5.74) is 2.87. The third-order valence-electron chi connectivity index (χ3n) is 5.05. The van der Waals surface area contributed by atoms with Crippen LogP contribution in [0.4, 0.5) is 0 Å². The van der Waals surface area contributed by atoms with Crippen LogP contribution in [0.25, 0.3) is 0 Å². The van der Waals surface area contributed by atoms with Crippen molar-refractivity contribution in [2.45, 2.75) is 13.0 Å². The molecule has 150 valence electrons. The lowest BCUT2D eigenvalue weighted by Crippen LogP contribution is -2.43. The minimum atomic E-state index is -0.0706. The van der Waals surface area contributed by atoms with Crippen molar-refractivity contribution in [3.8, 4) is 11.5 Å². The van der Waals surface area contributed by atoms with Gasteiger partial charge < -0.3 is 19.5 Å². The molecule has 3 rings (SSSR count). The van der Waals surface area contributed by atoms with E-state index in [2.05, 4.69) is 10.2 Å². The molecule has 1 fully saturated rings. The molecule has 0 aliphatic carbocycles. The molecule has 1 saturated heterocycles. The second-order valence-electron chi connectivity index (χ2n) is 6.85. The first-order chi connectivity index (χ1) is 13.6. The highest BCUT2D eigenvalue weighted by Gasteiger charge is 2.24. The van der Waals surface area contributed by atoms with Crippen molar-refractivity contribution in [1.82, 2.24) is 10.2 Å². The molecule has 1 heterocycles. The van der Waals surface area contributed by atoms with Gasteiger partial charge in [-0.1, -0.05) is 23.8 Å². The number of nitrogens with zero attached hydrogens (tertiary/aromatic N) is 1. The Balaban J connectivity index is 1.79. The van der Waals surface area contributed by atoms with E-state index in [0.717, 1.165) is 24.2 Å². The highest BCUT2D eigenvalue weighted by Crippen LogP contribution is 2.32. The lowest BCUT2D eigenvalue weighted by Gasteiger charge is -2.35. The number of carbonyl (C=O) groups is 1. The van der Waals surface area contributed by atoms with Gasteiger partial charge in [0.05, 0.1) is 33.5 Å². The molecule has 1 amide bonds. The summed E-state index contributed by atoms with van der Waals surface area (Å²) < 4.78 is 16.3. The van der Waals surface area contributed by atoms with E-state index in [1.807, 2.05) is 49.4 Å². The average molecular weight is 384 g/mol. The van der Waals surface area contributed by atoms with Crippen LogP contribution < -0.4 is 14.8 Å². The van der Waals surface area contributed by atoms with Crippen LogP contribution in [0.15, 0.2) is 42.5 Å². The predicted octanol–water partition coefficient (Wildman–Crippen LogP) is 2.82. The summed E-state index contributed by atoms with van der Waals surface area (Å²) in [5.74, 6) is 1.30. The monoisotopic (exact) mass is 384 g/mol. The molecule has 2 aromatic carbocycles. The molecule has 28 heavy (non-hydrogen) atoms. The highest BCUT2D eigenvalue weighted by molar-refractivity contribution is 5.94. The number of ether oxygens (including phenoxy) is 3. The van der Waals surface area contributed by atoms with Crippen LogP contribution in [0.2, 0.25) is 0 Å². The van der Waals surface area contributed by atoms with Crippen LogP contribution in [0.1, 0.15) is 27.5 Å². The topological polar surface area (TPSA) is 60.0 Å². The van der Waals surface area contributed by atoms with Gasteiger partial charge >= 0.3 is 0 Å². The van der Waals surface area contributed by atoms with Crippen LogP contribution >= 0.6 is 0 Å².